The number of likely N-dealkylation sites (tertiary alicyclic amines) is 1. The van der Waals surface area contributed by atoms with Gasteiger partial charge in [-0.1, -0.05) is 66.7 Å². The second-order valence-corrected chi connectivity index (χ2v) is 11.0. The quantitative estimate of drug-likeness (QED) is 0.271. The summed E-state index contributed by atoms with van der Waals surface area (Å²) in [5.74, 6) is -1.62. The van der Waals surface area contributed by atoms with E-state index in [4.69, 9.17) is 9.47 Å². The lowest BCUT2D eigenvalue weighted by molar-refractivity contribution is -0.139. The number of hydrogen-bond donors (Lipinski definition) is 1. The maximum absolute atomic E-state index is 13.5. The number of methoxy groups -OCH3 is 1. The van der Waals surface area contributed by atoms with Gasteiger partial charge in [0, 0.05) is 29.6 Å². The van der Waals surface area contributed by atoms with E-state index in [0.717, 1.165) is 38.9 Å². The van der Waals surface area contributed by atoms with Crippen LogP contribution in [0, 0.1) is 0 Å². The lowest BCUT2D eigenvalue weighted by Gasteiger charge is -2.43. The molecule has 3 aromatic rings. The second-order valence-electron chi connectivity index (χ2n) is 11.0. The summed E-state index contributed by atoms with van der Waals surface area (Å²) < 4.78 is 10.9. The van der Waals surface area contributed by atoms with Crippen molar-refractivity contribution in [2.24, 2.45) is 0 Å². The molecular formula is C35H39N3O4. The van der Waals surface area contributed by atoms with Gasteiger partial charge in [0.2, 0.25) is 0 Å². The number of allylic oxidation sites excluding steroid dienone is 2. The predicted molar refractivity (Wildman–Crippen MR) is 162 cm³/mol. The Hall–Kier alpha value is -4.23. The van der Waals surface area contributed by atoms with E-state index in [1.807, 2.05) is 19.1 Å². The number of aromatic nitrogens is 1. The Morgan fingerprint density at radius 3 is 1.98 bits per heavy atom. The Bertz CT molecular complexity index is 1400. The van der Waals surface area contributed by atoms with Crippen LogP contribution in [-0.2, 0) is 24.5 Å². The molecule has 1 fully saturated rings. The van der Waals surface area contributed by atoms with Gasteiger partial charge in [0.15, 0.2) is 0 Å². The number of carbonyl (C=O) groups is 2. The molecule has 7 nitrogen and oxygen atoms in total. The molecule has 7 heteroatoms. The molecule has 0 amide bonds. The molecule has 42 heavy (non-hydrogen) atoms. The zero-order valence-corrected chi connectivity index (χ0v) is 24.6. The maximum atomic E-state index is 13.5. The first-order valence-corrected chi connectivity index (χ1v) is 14.6. The minimum absolute atomic E-state index is 0.00689. The van der Waals surface area contributed by atoms with Crippen LogP contribution in [0.2, 0.25) is 0 Å². The zero-order valence-electron chi connectivity index (χ0n) is 24.6. The molecular weight excluding hydrogens is 526 g/mol. The van der Waals surface area contributed by atoms with E-state index >= 15 is 0 Å². The van der Waals surface area contributed by atoms with Gasteiger partial charge in [-0.3, -0.25) is 4.98 Å². The van der Waals surface area contributed by atoms with Gasteiger partial charge in [-0.2, -0.15) is 0 Å². The van der Waals surface area contributed by atoms with Crippen molar-refractivity contribution in [3.8, 4) is 0 Å². The molecule has 0 bridgehead atoms. The fraction of sp³-hybridized carbons (Fsp3) is 0.343. The van der Waals surface area contributed by atoms with Crippen molar-refractivity contribution in [1.82, 2.24) is 15.2 Å². The van der Waals surface area contributed by atoms with Gasteiger partial charge in [0.1, 0.15) is 0 Å². The zero-order chi connectivity index (χ0) is 29.5. The lowest BCUT2D eigenvalue weighted by atomic mass is 9.68. The van der Waals surface area contributed by atoms with Crippen molar-refractivity contribution < 1.29 is 19.1 Å². The summed E-state index contributed by atoms with van der Waals surface area (Å²) in [6.45, 7) is 6.71. The second kappa shape index (κ2) is 13.2. The molecule has 1 aromatic heterocycles. The van der Waals surface area contributed by atoms with Crippen LogP contribution in [0.5, 0.6) is 0 Å². The molecule has 218 valence electrons. The van der Waals surface area contributed by atoms with Crippen LogP contribution >= 0.6 is 0 Å². The molecule has 1 saturated heterocycles. The molecule has 0 radical (unpaired) electrons. The maximum Gasteiger partial charge on any atom is 0.336 e. The van der Waals surface area contributed by atoms with Gasteiger partial charge in [0.05, 0.1) is 36.5 Å². The van der Waals surface area contributed by atoms with Crippen LogP contribution in [-0.4, -0.2) is 55.2 Å². The van der Waals surface area contributed by atoms with Gasteiger partial charge in [-0.05, 0) is 69.5 Å². The van der Waals surface area contributed by atoms with Crippen molar-refractivity contribution in [1.29, 1.82) is 0 Å². The predicted octanol–water partition coefficient (Wildman–Crippen LogP) is 5.50. The van der Waals surface area contributed by atoms with Crippen molar-refractivity contribution in [2.75, 3.05) is 33.4 Å². The lowest BCUT2D eigenvalue weighted by Crippen LogP contribution is -2.43. The molecule has 0 spiro atoms. The largest absolute Gasteiger partial charge is 0.466 e. The molecule has 2 aromatic carbocycles. The summed E-state index contributed by atoms with van der Waals surface area (Å²) in [6, 6.07) is 27.1. The monoisotopic (exact) mass is 565 g/mol. The number of esters is 2. The number of dihydropyridines is 1. The van der Waals surface area contributed by atoms with E-state index in [9.17, 15) is 9.59 Å². The number of nitrogens with one attached hydrogen (secondary N) is 1. The fourth-order valence-electron chi connectivity index (χ4n) is 6.44. The van der Waals surface area contributed by atoms with Crippen molar-refractivity contribution in [2.45, 2.75) is 44.4 Å². The number of piperidine rings is 1. The Balaban J connectivity index is 1.21. The van der Waals surface area contributed by atoms with Crippen LogP contribution in [0.15, 0.2) is 108 Å². The molecule has 5 rings (SSSR count). The minimum Gasteiger partial charge on any atom is -0.466 e. The Kier molecular flexibility index (Phi) is 9.18. The van der Waals surface area contributed by atoms with Crippen LogP contribution in [0.4, 0.5) is 0 Å². The van der Waals surface area contributed by atoms with Gasteiger partial charge in [0.25, 0.3) is 0 Å². The smallest absolute Gasteiger partial charge is 0.336 e. The number of nitrogens with zero attached hydrogens (tertiary/aromatic N) is 2. The molecule has 0 saturated carbocycles. The third-order valence-corrected chi connectivity index (χ3v) is 8.58. The average molecular weight is 566 g/mol. The summed E-state index contributed by atoms with van der Waals surface area (Å²) in [5.41, 5.74) is 5.37. The number of rotatable bonds is 9. The normalized spacial score (nSPS) is 18.8. The van der Waals surface area contributed by atoms with E-state index < -0.39 is 17.9 Å². The van der Waals surface area contributed by atoms with Gasteiger partial charge < -0.3 is 19.7 Å². The molecule has 2 aliphatic heterocycles. The van der Waals surface area contributed by atoms with E-state index in [1.54, 1.807) is 19.2 Å². The average Bonchev–Trinajstić information content (AvgIpc) is 3.04. The van der Waals surface area contributed by atoms with Gasteiger partial charge in [-0.15, -0.1) is 0 Å². The number of carbonyl (C=O) groups excluding carboxylic acids is 2. The highest BCUT2D eigenvalue weighted by atomic mass is 16.5. The Morgan fingerprint density at radius 1 is 0.857 bits per heavy atom. The molecule has 1 atom stereocenters. The number of benzene rings is 2. The third-order valence-electron chi connectivity index (χ3n) is 8.58. The molecule has 1 N–H and O–H groups in total. The van der Waals surface area contributed by atoms with E-state index in [2.05, 4.69) is 75.9 Å². The highest BCUT2D eigenvalue weighted by molar-refractivity contribution is 5.99. The summed E-state index contributed by atoms with van der Waals surface area (Å²) in [5, 5.41) is 3.17. The third kappa shape index (κ3) is 6.02. The first-order valence-electron chi connectivity index (χ1n) is 14.6. The Morgan fingerprint density at radius 2 is 1.43 bits per heavy atom. The highest BCUT2D eigenvalue weighted by Gasteiger charge is 2.39. The number of hydrogen-bond acceptors (Lipinski definition) is 7. The fourth-order valence-corrected chi connectivity index (χ4v) is 6.44. The van der Waals surface area contributed by atoms with Crippen molar-refractivity contribution in [3.63, 3.8) is 0 Å². The van der Waals surface area contributed by atoms with Crippen molar-refractivity contribution >= 4 is 11.9 Å². The summed E-state index contributed by atoms with van der Waals surface area (Å²) in [7, 11) is 1.34. The molecule has 2 aliphatic rings. The van der Waals surface area contributed by atoms with E-state index in [0.29, 0.717) is 34.8 Å². The number of ether oxygens (including phenoxy) is 2. The molecule has 3 heterocycles. The molecule has 0 aliphatic carbocycles. The van der Waals surface area contributed by atoms with Crippen LogP contribution in [0.25, 0.3) is 0 Å². The molecule has 1 unspecified atom stereocenters. The minimum atomic E-state index is -0.668. The summed E-state index contributed by atoms with van der Waals surface area (Å²) >= 11 is 0. The van der Waals surface area contributed by atoms with E-state index in [1.165, 1.54) is 18.2 Å². The summed E-state index contributed by atoms with van der Waals surface area (Å²) in [4.78, 5) is 33.2. The van der Waals surface area contributed by atoms with Gasteiger partial charge in [-0.25, -0.2) is 9.59 Å². The highest BCUT2D eigenvalue weighted by Crippen LogP contribution is 2.42. The van der Waals surface area contributed by atoms with Crippen molar-refractivity contribution in [3.05, 3.63) is 124 Å². The number of pyridine rings is 1. The van der Waals surface area contributed by atoms with Crippen LogP contribution < -0.4 is 5.32 Å². The van der Waals surface area contributed by atoms with Gasteiger partial charge >= 0.3 is 11.9 Å². The topological polar surface area (TPSA) is 80.8 Å². The van der Waals surface area contributed by atoms with Crippen LogP contribution in [0.1, 0.15) is 55.8 Å². The SMILES string of the molecule is COC(=O)C1=C(C)NC(C)=C(C(=O)OCCCN2CCC(c3ccccc3)(c3ccccc3)CC2)C1c1ccccn1. The standard InChI is InChI=1S/C35H39N3O4/c1-25-30(33(39)41-3)32(29-17-10-11-20-36-29)31(26(2)37-25)34(40)42-24-12-21-38-22-18-35(19-23-38,27-13-6-4-7-14-27)28-15-8-5-9-16-28/h4-11,13-17,20,32,37H,12,18-19,21-24H2,1-3H3. The first kappa shape index (κ1) is 29.3. The van der Waals surface area contributed by atoms with Crippen LogP contribution in [0.3, 0.4) is 0 Å². The Labute approximate surface area is 248 Å². The summed E-state index contributed by atoms with van der Waals surface area (Å²) in [6.07, 6.45) is 4.45. The first-order chi connectivity index (χ1) is 20.4. The van der Waals surface area contributed by atoms with E-state index in [-0.39, 0.29) is 5.41 Å².